The molecule has 2 aromatic rings. The summed E-state index contributed by atoms with van der Waals surface area (Å²) in [6.45, 7) is 2.81. The average Bonchev–Trinajstić information content (AvgIpc) is 3.34. The molecule has 1 unspecified atom stereocenters. The summed E-state index contributed by atoms with van der Waals surface area (Å²) in [4.78, 5) is 1.00. The number of hydrogen-bond donors (Lipinski definition) is 1. The van der Waals surface area contributed by atoms with Crippen molar-refractivity contribution in [1.29, 1.82) is 0 Å². The molecule has 3 heterocycles. The molecule has 1 N–H and O–H groups in total. The van der Waals surface area contributed by atoms with Gasteiger partial charge in [-0.1, -0.05) is 0 Å². The Bertz CT molecular complexity index is 1070. The summed E-state index contributed by atoms with van der Waals surface area (Å²) in [5.41, 5.74) is -3.53. The Morgan fingerprint density at radius 3 is 1.97 bits per heavy atom. The molecule has 0 bridgehead atoms. The van der Waals surface area contributed by atoms with Gasteiger partial charge in [0.25, 0.3) is 0 Å². The highest BCUT2D eigenvalue weighted by atomic mass is 32.1. The summed E-state index contributed by atoms with van der Waals surface area (Å²) in [5, 5.41) is 9.34. The minimum absolute atomic E-state index is 0.0106. The maximum Gasteiger partial charge on any atom is 0.380 e. The van der Waals surface area contributed by atoms with Gasteiger partial charge in [-0.25, -0.2) is 0 Å². The van der Waals surface area contributed by atoms with Crippen LogP contribution < -0.4 is 0 Å². The van der Waals surface area contributed by atoms with Crippen LogP contribution in [0, 0.1) is 13.8 Å². The summed E-state index contributed by atoms with van der Waals surface area (Å²) in [7, 11) is 0. The van der Waals surface area contributed by atoms with Crippen molar-refractivity contribution in [2.75, 3.05) is 6.61 Å². The highest BCUT2D eigenvalue weighted by molar-refractivity contribution is 7.12. The van der Waals surface area contributed by atoms with E-state index in [2.05, 4.69) is 0 Å². The number of aryl methyl sites for hydroxylation is 2. The van der Waals surface area contributed by atoms with Crippen molar-refractivity contribution in [2.24, 2.45) is 0 Å². The Kier molecular flexibility index (Phi) is 6.50. The lowest BCUT2D eigenvalue weighted by Gasteiger charge is -2.25. The number of thiophene rings is 2. The molecule has 182 valence electrons. The first kappa shape index (κ1) is 24.7. The predicted molar refractivity (Wildman–Crippen MR) is 114 cm³/mol. The SMILES string of the molecule is Cc1sc(CO)cc1C1=C(c2cc(COC3CCCCO3)sc2C)C(F)(F)C(F)(F)C1(F)F. The maximum absolute atomic E-state index is 15.0. The Morgan fingerprint density at radius 1 is 0.939 bits per heavy atom. The van der Waals surface area contributed by atoms with Crippen LogP contribution in [0.2, 0.25) is 0 Å². The molecule has 1 aliphatic heterocycles. The zero-order valence-corrected chi connectivity index (χ0v) is 19.5. The van der Waals surface area contributed by atoms with E-state index < -0.39 is 47.4 Å². The number of allylic oxidation sites excluding steroid dienone is 2. The van der Waals surface area contributed by atoms with Crippen LogP contribution in [0.4, 0.5) is 26.3 Å². The van der Waals surface area contributed by atoms with Gasteiger partial charge in [0.2, 0.25) is 0 Å². The number of aliphatic hydroxyl groups excluding tert-OH is 1. The van der Waals surface area contributed by atoms with Gasteiger partial charge < -0.3 is 14.6 Å². The summed E-state index contributed by atoms with van der Waals surface area (Å²) in [6, 6.07) is 2.30. The lowest BCUT2D eigenvalue weighted by molar-refractivity contribution is -0.254. The second kappa shape index (κ2) is 8.67. The van der Waals surface area contributed by atoms with E-state index in [1.807, 2.05) is 0 Å². The van der Waals surface area contributed by atoms with Crippen LogP contribution in [-0.4, -0.2) is 35.8 Å². The zero-order valence-electron chi connectivity index (χ0n) is 17.8. The van der Waals surface area contributed by atoms with Crippen LogP contribution in [0.3, 0.4) is 0 Å². The number of rotatable bonds is 6. The van der Waals surface area contributed by atoms with E-state index in [9.17, 15) is 22.7 Å². The van der Waals surface area contributed by atoms with Crippen molar-refractivity contribution in [3.8, 4) is 0 Å². The number of ether oxygens (including phenoxy) is 2. The third kappa shape index (κ3) is 3.95. The summed E-state index contributed by atoms with van der Waals surface area (Å²) in [5.74, 6) is -15.8. The lowest BCUT2D eigenvalue weighted by atomic mass is 9.95. The van der Waals surface area contributed by atoms with Gasteiger partial charge in [0.1, 0.15) is 0 Å². The maximum atomic E-state index is 15.0. The van der Waals surface area contributed by atoms with Gasteiger partial charge in [0, 0.05) is 37.3 Å². The van der Waals surface area contributed by atoms with E-state index in [-0.39, 0.29) is 26.8 Å². The molecule has 0 spiro atoms. The van der Waals surface area contributed by atoms with Crippen LogP contribution >= 0.6 is 22.7 Å². The zero-order chi connectivity index (χ0) is 24.2. The molecule has 3 nitrogen and oxygen atoms in total. The van der Waals surface area contributed by atoms with Crippen LogP contribution in [0.5, 0.6) is 0 Å². The molecule has 1 fully saturated rings. The molecule has 11 heteroatoms. The summed E-state index contributed by atoms with van der Waals surface area (Å²) in [6.07, 6.45) is 2.05. The third-order valence-electron chi connectivity index (χ3n) is 5.85. The Hall–Kier alpha value is -1.40. The second-order valence-corrected chi connectivity index (χ2v) is 10.8. The Labute approximate surface area is 194 Å². The predicted octanol–water partition coefficient (Wildman–Crippen LogP) is 6.79. The van der Waals surface area contributed by atoms with Gasteiger partial charge in [0.15, 0.2) is 6.29 Å². The Balaban J connectivity index is 1.81. The molecular formula is C22H22F6O3S2. The van der Waals surface area contributed by atoms with Gasteiger partial charge in [0.05, 0.1) is 13.2 Å². The van der Waals surface area contributed by atoms with Crippen LogP contribution in [0.1, 0.15) is 49.9 Å². The highest BCUT2D eigenvalue weighted by Crippen LogP contribution is 2.65. The molecule has 4 rings (SSSR count). The lowest BCUT2D eigenvalue weighted by Crippen LogP contribution is -2.48. The minimum atomic E-state index is -5.61. The second-order valence-electron chi connectivity index (χ2n) is 8.10. The fraction of sp³-hybridized carbons (Fsp3) is 0.545. The largest absolute Gasteiger partial charge is 0.391 e. The number of hydrogen-bond acceptors (Lipinski definition) is 5. The van der Waals surface area contributed by atoms with E-state index in [4.69, 9.17) is 9.47 Å². The van der Waals surface area contributed by atoms with E-state index >= 15 is 8.78 Å². The molecular weight excluding hydrogens is 490 g/mol. The molecule has 0 aromatic carbocycles. The number of alkyl halides is 6. The van der Waals surface area contributed by atoms with E-state index in [0.717, 1.165) is 41.6 Å². The van der Waals surface area contributed by atoms with Crippen molar-refractivity contribution in [3.63, 3.8) is 0 Å². The summed E-state index contributed by atoms with van der Waals surface area (Å²) < 4.78 is 100. The van der Waals surface area contributed by atoms with Gasteiger partial charge in [-0.3, -0.25) is 0 Å². The first-order chi connectivity index (χ1) is 15.4. The summed E-state index contributed by atoms with van der Waals surface area (Å²) >= 11 is 1.92. The molecule has 2 aromatic heterocycles. The van der Waals surface area contributed by atoms with Gasteiger partial charge in [-0.05, 0) is 56.4 Å². The van der Waals surface area contributed by atoms with Crippen molar-refractivity contribution in [1.82, 2.24) is 0 Å². The molecule has 0 radical (unpaired) electrons. The smallest absolute Gasteiger partial charge is 0.380 e. The molecule has 1 atom stereocenters. The first-order valence-electron chi connectivity index (χ1n) is 10.3. The van der Waals surface area contributed by atoms with Crippen LogP contribution in [0.15, 0.2) is 12.1 Å². The first-order valence-corrected chi connectivity index (χ1v) is 12.0. The molecule has 1 saturated heterocycles. The Morgan fingerprint density at radius 2 is 1.48 bits per heavy atom. The molecule has 0 amide bonds. The average molecular weight is 513 g/mol. The fourth-order valence-corrected chi connectivity index (χ4v) is 6.06. The van der Waals surface area contributed by atoms with E-state index in [0.29, 0.717) is 17.9 Å². The van der Waals surface area contributed by atoms with E-state index in [1.165, 1.54) is 19.9 Å². The van der Waals surface area contributed by atoms with Gasteiger partial charge >= 0.3 is 17.8 Å². The number of halogens is 6. The number of aliphatic hydroxyl groups is 1. The van der Waals surface area contributed by atoms with Gasteiger partial charge in [-0.15, -0.1) is 22.7 Å². The van der Waals surface area contributed by atoms with E-state index in [1.54, 1.807) is 0 Å². The van der Waals surface area contributed by atoms with Crippen LogP contribution in [0.25, 0.3) is 11.1 Å². The topological polar surface area (TPSA) is 38.7 Å². The fourth-order valence-electron chi connectivity index (χ4n) is 4.18. The van der Waals surface area contributed by atoms with Crippen molar-refractivity contribution in [2.45, 2.75) is 70.4 Å². The van der Waals surface area contributed by atoms with Crippen molar-refractivity contribution < 1.29 is 40.9 Å². The van der Waals surface area contributed by atoms with Gasteiger partial charge in [-0.2, -0.15) is 26.3 Å². The molecule has 1 aliphatic carbocycles. The third-order valence-corrected chi connectivity index (χ3v) is 7.91. The normalized spacial score (nSPS) is 24.0. The van der Waals surface area contributed by atoms with Crippen LogP contribution in [-0.2, 0) is 22.7 Å². The standard InChI is InChI=1S/C22H22F6O3S2/c1-11-15(7-13(9-29)32-11)18-19(21(25,26)22(27,28)20(18,23)24)16-8-14(33-12(16)2)10-31-17-5-3-4-6-30-17/h7-8,17,29H,3-6,9-10H2,1-2H3. The van der Waals surface area contributed by atoms with Crippen molar-refractivity contribution >= 4 is 33.8 Å². The highest BCUT2D eigenvalue weighted by Gasteiger charge is 2.80. The molecule has 0 saturated carbocycles. The molecule has 33 heavy (non-hydrogen) atoms. The monoisotopic (exact) mass is 512 g/mol. The quantitative estimate of drug-likeness (QED) is 0.433. The van der Waals surface area contributed by atoms with Crippen molar-refractivity contribution in [3.05, 3.63) is 42.8 Å². The molecule has 2 aliphatic rings. The minimum Gasteiger partial charge on any atom is -0.391 e.